The van der Waals surface area contributed by atoms with Crippen LogP contribution in [0.3, 0.4) is 0 Å². The Labute approximate surface area is 105 Å². The standard InChI is InChI=1S/C15H24N2/c1-2-7-13-17(12-6-1)14-8-11-16-15-9-4-3-5-10-15/h3-5,9-10,16H,1-2,6-8,11-14H2. The molecule has 1 heterocycles. The number of hydrogen-bond acceptors (Lipinski definition) is 2. The van der Waals surface area contributed by atoms with Crippen LogP contribution >= 0.6 is 0 Å². The molecule has 94 valence electrons. The van der Waals surface area contributed by atoms with Crippen LogP contribution in [0.2, 0.25) is 0 Å². The maximum atomic E-state index is 3.47. The summed E-state index contributed by atoms with van der Waals surface area (Å²) in [6, 6.07) is 10.5. The maximum absolute atomic E-state index is 3.47. The first-order chi connectivity index (χ1) is 8.45. The smallest absolute Gasteiger partial charge is 0.0340 e. The van der Waals surface area contributed by atoms with Gasteiger partial charge in [0, 0.05) is 12.2 Å². The monoisotopic (exact) mass is 232 g/mol. The van der Waals surface area contributed by atoms with Crippen LogP contribution in [0.15, 0.2) is 30.3 Å². The van der Waals surface area contributed by atoms with Gasteiger partial charge in [-0.1, -0.05) is 31.0 Å². The molecule has 0 amide bonds. The molecule has 0 saturated carbocycles. The van der Waals surface area contributed by atoms with Gasteiger partial charge in [0.1, 0.15) is 0 Å². The fourth-order valence-electron chi connectivity index (χ4n) is 2.45. The summed E-state index contributed by atoms with van der Waals surface area (Å²) in [7, 11) is 0. The number of anilines is 1. The van der Waals surface area contributed by atoms with Crippen molar-refractivity contribution in [1.29, 1.82) is 0 Å². The molecule has 0 radical (unpaired) electrons. The minimum Gasteiger partial charge on any atom is -0.385 e. The molecule has 1 aromatic rings. The van der Waals surface area contributed by atoms with E-state index < -0.39 is 0 Å². The van der Waals surface area contributed by atoms with Crippen LogP contribution in [-0.4, -0.2) is 31.1 Å². The Bertz CT molecular complexity index is 289. The summed E-state index contributed by atoms with van der Waals surface area (Å²) in [5.74, 6) is 0. The van der Waals surface area contributed by atoms with Gasteiger partial charge < -0.3 is 10.2 Å². The number of para-hydroxylation sites is 1. The highest BCUT2D eigenvalue weighted by molar-refractivity contribution is 5.42. The molecule has 0 unspecified atom stereocenters. The van der Waals surface area contributed by atoms with Crippen LogP contribution < -0.4 is 5.32 Å². The van der Waals surface area contributed by atoms with E-state index in [-0.39, 0.29) is 0 Å². The molecule has 0 bridgehead atoms. The SMILES string of the molecule is c1ccc(NCCCN2CCCCCC2)cc1. The highest BCUT2D eigenvalue weighted by Gasteiger charge is 2.07. The van der Waals surface area contributed by atoms with Crippen LogP contribution in [0.25, 0.3) is 0 Å². The molecule has 1 saturated heterocycles. The molecule has 1 fully saturated rings. The third-order valence-electron chi connectivity index (χ3n) is 3.45. The number of benzene rings is 1. The molecule has 1 aliphatic rings. The van der Waals surface area contributed by atoms with Crippen LogP contribution in [0, 0.1) is 0 Å². The van der Waals surface area contributed by atoms with E-state index in [0.717, 1.165) is 6.54 Å². The summed E-state index contributed by atoms with van der Waals surface area (Å²) in [6.45, 7) is 4.96. The van der Waals surface area contributed by atoms with Gasteiger partial charge >= 0.3 is 0 Å². The Balaban J connectivity index is 1.59. The molecule has 17 heavy (non-hydrogen) atoms. The fraction of sp³-hybridized carbons (Fsp3) is 0.600. The van der Waals surface area contributed by atoms with Gasteiger partial charge in [-0.15, -0.1) is 0 Å². The van der Waals surface area contributed by atoms with Gasteiger partial charge in [0.15, 0.2) is 0 Å². The van der Waals surface area contributed by atoms with Crippen molar-refractivity contribution in [3.63, 3.8) is 0 Å². The van der Waals surface area contributed by atoms with E-state index in [9.17, 15) is 0 Å². The van der Waals surface area contributed by atoms with Crippen molar-refractivity contribution in [2.45, 2.75) is 32.1 Å². The van der Waals surface area contributed by atoms with Crippen molar-refractivity contribution in [3.05, 3.63) is 30.3 Å². The molecule has 2 heteroatoms. The molecule has 1 aliphatic heterocycles. The Morgan fingerprint density at radius 3 is 2.35 bits per heavy atom. The molecule has 0 spiro atoms. The highest BCUT2D eigenvalue weighted by Crippen LogP contribution is 2.10. The zero-order valence-electron chi connectivity index (χ0n) is 10.7. The quantitative estimate of drug-likeness (QED) is 0.783. The van der Waals surface area contributed by atoms with E-state index in [4.69, 9.17) is 0 Å². The van der Waals surface area contributed by atoms with Gasteiger partial charge in [0.2, 0.25) is 0 Å². The molecular formula is C15H24N2. The normalized spacial score (nSPS) is 17.6. The van der Waals surface area contributed by atoms with Crippen molar-refractivity contribution in [2.75, 3.05) is 31.5 Å². The predicted molar refractivity (Wildman–Crippen MR) is 74.5 cm³/mol. The van der Waals surface area contributed by atoms with Crippen molar-refractivity contribution in [2.24, 2.45) is 0 Å². The Morgan fingerprint density at radius 2 is 1.65 bits per heavy atom. The molecule has 2 nitrogen and oxygen atoms in total. The van der Waals surface area contributed by atoms with E-state index in [0.29, 0.717) is 0 Å². The molecule has 2 rings (SSSR count). The summed E-state index contributed by atoms with van der Waals surface area (Å²) < 4.78 is 0. The number of likely N-dealkylation sites (tertiary alicyclic amines) is 1. The number of rotatable bonds is 5. The zero-order valence-corrected chi connectivity index (χ0v) is 10.7. The topological polar surface area (TPSA) is 15.3 Å². The van der Waals surface area contributed by atoms with E-state index in [1.54, 1.807) is 0 Å². The van der Waals surface area contributed by atoms with Crippen LogP contribution in [0.1, 0.15) is 32.1 Å². The predicted octanol–water partition coefficient (Wildman–Crippen LogP) is 3.36. The van der Waals surface area contributed by atoms with Gasteiger partial charge in [-0.05, 0) is 51.0 Å². The lowest BCUT2D eigenvalue weighted by Gasteiger charge is -2.19. The van der Waals surface area contributed by atoms with Crippen molar-refractivity contribution in [3.8, 4) is 0 Å². The van der Waals surface area contributed by atoms with Gasteiger partial charge in [-0.3, -0.25) is 0 Å². The van der Waals surface area contributed by atoms with Gasteiger partial charge in [0.05, 0.1) is 0 Å². The summed E-state index contributed by atoms with van der Waals surface area (Å²) in [4.78, 5) is 2.62. The second-order valence-corrected chi connectivity index (χ2v) is 4.90. The van der Waals surface area contributed by atoms with Gasteiger partial charge in [-0.25, -0.2) is 0 Å². The van der Waals surface area contributed by atoms with Crippen LogP contribution in [0.4, 0.5) is 5.69 Å². The zero-order chi connectivity index (χ0) is 11.8. The highest BCUT2D eigenvalue weighted by atomic mass is 15.1. The van der Waals surface area contributed by atoms with E-state index in [1.165, 1.54) is 57.4 Å². The summed E-state index contributed by atoms with van der Waals surface area (Å²) >= 11 is 0. The first kappa shape index (κ1) is 12.4. The lowest BCUT2D eigenvalue weighted by Crippen LogP contribution is -2.27. The van der Waals surface area contributed by atoms with E-state index in [1.807, 2.05) is 0 Å². The second-order valence-electron chi connectivity index (χ2n) is 4.90. The summed E-state index contributed by atoms with van der Waals surface area (Å²) in [6.07, 6.45) is 6.89. The summed E-state index contributed by atoms with van der Waals surface area (Å²) in [5.41, 5.74) is 1.24. The van der Waals surface area contributed by atoms with Gasteiger partial charge in [0.25, 0.3) is 0 Å². The van der Waals surface area contributed by atoms with E-state index >= 15 is 0 Å². The minimum absolute atomic E-state index is 1.08. The first-order valence-electron chi connectivity index (χ1n) is 6.96. The average molecular weight is 232 g/mol. The van der Waals surface area contributed by atoms with Crippen LogP contribution in [0.5, 0.6) is 0 Å². The average Bonchev–Trinajstić information content (AvgIpc) is 2.65. The fourth-order valence-corrected chi connectivity index (χ4v) is 2.45. The Hall–Kier alpha value is -1.02. The first-order valence-corrected chi connectivity index (χ1v) is 6.96. The maximum Gasteiger partial charge on any atom is 0.0340 e. The largest absolute Gasteiger partial charge is 0.385 e. The minimum atomic E-state index is 1.08. The number of nitrogens with one attached hydrogen (secondary N) is 1. The lowest BCUT2D eigenvalue weighted by atomic mass is 10.2. The van der Waals surface area contributed by atoms with Crippen molar-refractivity contribution in [1.82, 2.24) is 4.90 Å². The number of hydrogen-bond donors (Lipinski definition) is 1. The third kappa shape index (κ3) is 4.78. The van der Waals surface area contributed by atoms with Gasteiger partial charge in [-0.2, -0.15) is 0 Å². The molecule has 0 atom stereocenters. The molecule has 0 aromatic heterocycles. The van der Waals surface area contributed by atoms with Crippen molar-refractivity contribution < 1.29 is 0 Å². The summed E-state index contributed by atoms with van der Waals surface area (Å²) in [5, 5.41) is 3.47. The third-order valence-corrected chi connectivity index (χ3v) is 3.45. The van der Waals surface area contributed by atoms with Crippen LogP contribution in [-0.2, 0) is 0 Å². The Morgan fingerprint density at radius 1 is 0.941 bits per heavy atom. The lowest BCUT2D eigenvalue weighted by molar-refractivity contribution is 0.284. The molecule has 1 aromatic carbocycles. The molecular weight excluding hydrogens is 208 g/mol. The van der Waals surface area contributed by atoms with E-state index in [2.05, 4.69) is 40.5 Å². The molecule has 0 aliphatic carbocycles. The molecule has 1 N–H and O–H groups in total. The second kappa shape index (κ2) is 7.33. The number of nitrogens with zero attached hydrogens (tertiary/aromatic N) is 1. The van der Waals surface area contributed by atoms with Crippen molar-refractivity contribution >= 4 is 5.69 Å². The Kier molecular flexibility index (Phi) is 5.37.